The van der Waals surface area contributed by atoms with Crippen LogP contribution in [-0.4, -0.2) is 10.1 Å². The Morgan fingerprint density at radius 3 is 2.80 bits per heavy atom. The van der Waals surface area contributed by atoms with E-state index in [0.29, 0.717) is 10.8 Å². The van der Waals surface area contributed by atoms with Gasteiger partial charge in [0.25, 0.3) is 5.89 Å². The zero-order chi connectivity index (χ0) is 10.8. The lowest BCUT2D eigenvalue weighted by Gasteiger charge is -1.96. The van der Waals surface area contributed by atoms with Crippen molar-refractivity contribution >= 4 is 23.2 Å². The van der Waals surface area contributed by atoms with Crippen molar-refractivity contribution < 1.29 is 8.91 Å². The highest BCUT2D eigenvalue weighted by Gasteiger charge is 2.12. The van der Waals surface area contributed by atoms with Crippen molar-refractivity contribution in [3.63, 3.8) is 0 Å². The standard InChI is InChI=1S/C9H5Cl2FN2O/c10-4-8-13-9(15-14-8)6-2-1-5(11)3-7(6)12/h1-3H,4H2. The van der Waals surface area contributed by atoms with Crippen LogP contribution in [0.1, 0.15) is 5.82 Å². The molecule has 0 unspecified atom stereocenters. The predicted molar refractivity (Wildman–Crippen MR) is 54.3 cm³/mol. The van der Waals surface area contributed by atoms with Gasteiger partial charge >= 0.3 is 0 Å². The first kappa shape index (κ1) is 10.4. The Balaban J connectivity index is 2.44. The highest BCUT2D eigenvalue weighted by molar-refractivity contribution is 6.30. The summed E-state index contributed by atoms with van der Waals surface area (Å²) in [4.78, 5) is 3.90. The number of hydrogen-bond acceptors (Lipinski definition) is 3. The van der Waals surface area contributed by atoms with Crippen molar-refractivity contribution in [1.29, 1.82) is 0 Å². The van der Waals surface area contributed by atoms with Gasteiger partial charge < -0.3 is 4.52 Å². The summed E-state index contributed by atoms with van der Waals surface area (Å²) in [7, 11) is 0. The van der Waals surface area contributed by atoms with Crippen LogP contribution in [0.25, 0.3) is 11.5 Å². The largest absolute Gasteiger partial charge is 0.334 e. The van der Waals surface area contributed by atoms with Crippen molar-refractivity contribution in [2.24, 2.45) is 0 Å². The van der Waals surface area contributed by atoms with Crippen LogP contribution in [0.2, 0.25) is 5.02 Å². The quantitative estimate of drug-likeness (QED) is 0.764. The number of alkyl halides is 1. The molecule has 1 aromatic carbocycles. The molecule has 0 saturated carbocycles. The van der Waals surface area contributed by atoms with Gasteiger partial charge in [-0.05, 0) is 18.2 Å². The molecule has 78 valence electrons. The van der Waals surface area contributed by atoms with E-state index in [1.807, 2.05) is 0 Å². The minimum Gasteiger partial charge on any atom is -0.334 e. The fourth-order valence-corrected chi connectivity index (χ4v) is 1.35. The number of rotatable bonds is 2. The van der Waals surface area contributed by atoms with Gasteiger partial charge in [0.2, 0.25) is 0 Å². The Bertz CT molecular complexity index is 487. The molecule has 15 heavy (non-hydrogen) atoms. The summed E-state index contributed by atoms with van der Waals surface area (Å²) < 4.78 is 18.2. The number of aromatic nitrogens is 2. The molecule has 2 rings (SSSR count). The molecule has 1 aromatic heterocycles. The second-order valence-electron chi connectivity index (χ2n) is 2.77. The van der Waals surface area contributed by atoms with Crippen LogP contribution in [0, 0.1) is 5.82 Å². The summed E-state index contributed by atoms with van der Waals surface area (Å²) in [6.45, 7) is 0. The molecule has 0 N–H and O–H groups in total. The van der Waals surface area contributed by atoms with E-state index in [1.54, 1.807) is 6.07 Å². The van der Waals surface area contributed by atoms with E-state index < -0.39 is 5.82 Å². The van der Waals surface area contributed by atoms with Crippen LogP contribution >= 0.6 is 23.2 Å². The van der Waals surface area contributed by atoms with E-state index in [9.17, 15) is 4.39 Å². The fraction of sp³-hybridized carbons (Fsp3) is 0.111. The maximum Gasteiger partial charge on any atom is 0.260 e. The van der Waals surface area contributed by atoms with Crippen molar-refractivity contribution in [3.05, 3.63) is 34.9 Å². The maximum absolute atomic E-state index is 13.4. The van der Waals surface area contributed by atoms with Gasteiger partial charge in [-0.3, -0.25) is 0 Å². The van der Waals surface area contributed by atoms with Gasteiger partial charge in [-0.2, -0.15) is 4.98 Å². The molecule has 0 aliphatic carbocycles. The molecule has 0 spiro atoms. The summed E-state index contributed by atoms with van der Waals surface area (Å²) in [5, 5.41) is 3.87. The van der Waals surface area contributed by atoms with E-state index in [2.05, 4.69) is 10.1 Å². The van der Waals surface area contributed by atoms with Crippen LogP contribution in [0.3, 0.4) is 0 Å². The molecule has 1 heterocycles. The van der Waals surface area contributed by atoms with Gasteiger partial charge in [-0.1, -0.05) is 16.8 Å². The van der Waals surface area contributed by atoms with Crippen LogP contribution in [-0.2, 0) is 5.88 Å². The topological polar surface area (TPSA) is 38.9 Å². The lowest BCUT2D eigenvalue weighted by Crippen LogP contribution is -1.85. The smallest absolute Gasteiger partial charge is 0.260 e. The Hall–Kier alpha value is -1.13. The normalized spacial score (nSPS) is 10.6. The van der Waals surface area contributed by atoms with E-state index in [1.165, 1.54) is 12.1 Å². The average molecular weight is 247 g/mol. The molecule has 2 aromatic rings. The third-order valence-corrected chi connectivity index (χ3v) is 2.22. The SMILES string of the molecule is Fc1cc(Cl)ccc1-c1nc(CCl)no1. The molecule has 3 nitrogen and oxygen atoms in total. The fourth-order valence-electron chi connectivity index (χ4n) is 1.08. The average Bonchev–Trinajstić information content (AvgIpc) is 2.66. The van der Waals surface area contributed by atoms with Crippen LogP contribution in [0.15, 0.2) is 22.7 Å². The van der Waals surface area contributed by atoms with Crippen molar-refractivity contribution in [2.45, 2.75) is 5.88 Å². The summed E-state index contributed by atoms with van der Waals surface area (Å²) >= 11 is 11.1. The molecule has 0 aliphatic rings. The monoisotopic (exact) mass is 246 g/mol. The van der Waals surface area contributed by atoms with Gasteiger partial charge in [-0.15, -0.1) is 11.6 Å². The summed E-state index contributed by atoms with van der Waals surface area (Å²) in [5.74, 6) is 0.0340. The Morgan fingerprint density at radius 1 is 1.40 bits per heavy atom. The molecule has 0 amide bonds. The molecule has 0 radical (unpaired) electrons. The highest BCUT2D eigenvalue weighted by atomic mass is 35.5. The third-order valence-electron chi connectivity index (χ3n) is 1.75. The first-order valence-corrected chi connectivity index (χ1v) is 4.96. The molecule has 0 bridgehead atoms. The van der Waals surface area contributed by atoms with Gasteiger partial charge in [-0.25, -0.2) is 4.39 Å². The first-order valence-electron chi connectivity index (χ1n) is 4.04. The minimum atomic E-state index is -0.507. The number of nitrogens with zero attached hydrogens (tertiary/aromatic N) is 2. The van der Waals surface area contributed by atoms with E-state index >= 15 is 0 Å². The second kappa shape index (κ2) is 4.16. The van der Waals surface area contributed by atoms with Gasteiger partial charge in [0.05, 0.1) is 11.4 Å². The summed E-state index contributed by atoms with van der Waals surface area (Å²) in [6, 6.07) is 4.20. The predicted octanol–water partition coefficient (Wildman–Crippen LogP) is 3.27. The molecule has 0 aliphatic heterocycles. The highest BCUT2D eigenvalue weighted by Crippen LogP contribution is 2.23. The van der Waals surface area contributed by atoms with Crippen molar-refractivity contribution in [1.82, 2.24) is 10.1 Å². The second-order valence-corrected chi connectivity index (χ2v) is 3.48. The zero-order valence-electron chi connectivity index (χ0n) is 7.38. The summed E-state index contributed by atoms with van der Waals surface area (Å²) in [6.07, 6.45) is 0. The molecular weight excluding hydrogens is 242 g/mol. The van der Waals surface area contributed by atoms with Crippen LogP contribution in [0.5, 0.6) is 0 Å². The van der Waals surface area contributed by atoms with Gasteiger partial charge in [0.1, 0.15) is 5.82 Å². The van der Waals surface area contributed by atoms with Gasteiger partial charge in [0, 0.05) is 5.02 Å². The third kappa shape index (κ3) is 2.11. The maximum atomic E-state index is 13.4. The van der Waals surface area contributed by atoms with E-state index in [4.69, 9.17) is 27.7 Å². The van der Waals surface area contributed by atoms with E-state index in [0.717, 1.165) is 0 Å². The molecular formula is C9H5Cl2FN2O. The Kier molecular flexibility index (Phi) is 2.88. The summed E-state index contributed by atoms with van der Waals surface area (Å²) in [5.41, 5.74) is 0.211. The lowest BCUT2D eigenvalue weighted by atomic mass is 10.2. The number of halogens is 3. The van der Waals surface area contributed by atoms with Crippen molar-refractivity contribution in [3.8, 4) is 11.5 Å². The Morgan fingerprint density at radius 2 is 2.20 bits per heavy atom. The first-order chi connectivity index (χ1) is 7.20. The molecule has 0 saturated heterocycles. The number of hydrogen-bond donors (Lipinski definition) is 0. The Labute approximate surface area is 94.8 Å². The van der Waals surface area contributed by atoms with Crippen molar-refractivity contribution in [2.75, 3.05) is 0 Å². The van der Waals surface area contributed by atoms with Gasteiger partial charge in [0.15, 0.2) is 5.82 Å². The van der Waals surface area contributed by atoms with Crippen LogP contribution in [0.4, 0.5) is 4.39 Å². The van der Waals surface area contributed by atoms with E-state index in [-0.39, 0.29) is 17.3 Å². The lowest BCUT2D eigenvalue weighted by molar-refractivity contribution is 0.422. The van der Waals surface area contributed by atoms with Crippen LogP contribution < -0.4 is 0 Å². The molecule has 6 heteroatoms. The zero-order valence-corrected chi connectivity index (χ0v) is 8.89. The molecule has 0 atom stereocenters. The minimum absolute atomic E-state index is 0.0971. The molecule has 0 fully saturated rings. The number of benzene rings is 1.